The van der Waals surface area contributed by atoms with E-state index in [0.717, 1.165) is 16.6 Å². The summed E-state index contributed by atoms with van der Waals surface area (Å²) < 4.78 is 18.1. The van der Waals surface area contributed by atoms with E-state index in [1.807, 2.05) is 42.5 Å². The largest absolute Gasteiger partial charge is 0.370 e. The first-order valence-electron chi connectivity index (χ1n) is 10.2. The zero-order valence-electron chi connectivity index (χ0n) is 16.5. The van der Waals surface area contributed by atoms with Crippen molar-refractivity contribution in [1.82, 2.24) is 5.32 Å². The third kappa shape index (κ3) is 4.04. The molecule has 0 amide bonds. The first-order chi connectivity index (χ1) is 14.8. The van der Waals surface area contributed by atoms with Gasteiger partial charge in [0.05, 0.1) is 25.9 Å². The van der Waals surface area contributed by atoms with Crippen LogP contribution in [0.5, 0.6) is 0 Å². The number of hydrogen-bond acceptors (Lipinski definition) is 4. The van der Waals surface area contributed by atoms with Crippen molar-refractivity contribution in [3.05, 3.63) is 78.4 Å². The summed E-state index contributed by atoms with van der Waals surface area (Å²) in [6.07, 6.45) is -0.216. The molecule has 2 N–H and O–H groups in total. The summed E-state index contributed by atoms with van der Waals surface area (Å²) >= 11 is 5.58. The predicted octanol–water partition coefficient (Wildman–Crippen LogP) is 3.88. The molecule has 5 nitrogen and oxygen atoms in total. The number of thiocarbonyl (C=S) groups is 1. The molecule has 154 valence electrons. The SMILES string of the molecule is S=C(Nc1cccc2ccccc12)N[C@H]1CO[C@H]2[C@H]1OC[C@@H]2OCc1ccccc1. The smallest absolute Gasteiger partial charge is 0.171 e. The van der Waals surface area contributed by atoms with Gasteiger partial charge in [0.2, 0.25) is 0 Å². The van der Waals surface area contributed by atoms with Crippen molar-refractivity contribution >= 4 is 33.8 Å². The van der Waals surface area contributed by atoms with Crippen molar-refractivity contribution in [2.75, 3.05) is 18.5 Å². The van der Waals surface area contributed by atoms with E-state index in [9.17, 15) is 0 Å². The third-order valence-electron chi connectivity index (χ3n) is 5.67. The zero-order chi connectivity index (χ0) is 20.3. The second-order valence-electron chi connectivity index (χ2n) is 7.66. The van der Waals surface area contributed by atoms with E-state index in [-0.39, 0.29) is 24.4 Å². The Bertz CT molecular complexity index is 1020. The van der Waals surface area contributed by atoms with Gasteiger partial charge in [0.15, 0.2) is 5.11 Å². The van der Waals surface area contributed by atoms with Crippen LogP contribution in [0.15, 0.2) is 72.8 Å². The van der Waals surface area contributed by atoms with E-state index in [1.54, 1.807) is 0 Å². The molecule has 2 fully saturated rings. The maximum absolute atomic E-state index is 6.07. The maximum Gasteiger partial charge on any atom is 0.171 e. The van der Waals surface area contributed by atoms with Gasteiger partial charge in [-0.2, -0.15) is 0 Å². The molecule has 2 saturated heterocycles. The Hall–Kier alpha value is -2.51. The van der Waals surface area contributed by atoms with Crippen molar-refractivity contribution in [3.63, 3.8) is 0 Å². The molecule has 2 aliphatic heterocycles. The Balaban J connectivity index is 1.18. The van der Waals surface area contributed by atoms with Gasteiger partial charge in [-0.25, -0.2) is 0 Å². The highest BCUT2D eigenvalue weighted by atomic mass is 32.1. The van der Waals surface area contributed by atoms with Gasteiger partial charge < -0.3 is 24.8 Å². The number of anilines is 1. The number of hydrogen-bond donors (Lipinski definition) is 2. The van der Waals surface area contributed by atoms with E-state index in [1.165, 1.54) is 5.39 Å². The van der Waals surface area contributed by atoms with Crippen LogP contribution in [0.1, 0.15) is 5.56 Å². The van der Waals surface area contributed by atoms with Crippen LogP contribution in [0, 0.1) is 0 Å². The Morgan fingerprint density at radius 3 is 2.57 bits per heavy atom. The lowest BCUT2D eigenvalue weighted by atomic mass is 10.1. The average Bonchev–Trinajstić information content (AvgIpc) is 3.36. The molecule has 0 radical (unpaired) electrons. The van der Waals surface area contributed by atoms with Crippen LogP contribution in [0.25, 0.3) is 10.8 Å². The van der Waals surface area contributed by atoms with Crippen LogP contribution in [-0.2, 0) is 20.8 Å². The molecule has 0 spiro atoms. The van der Waals surface area contributed by atoms with Gasteiger partial charge in [0.25, 0.3) is 0 Å². The predicted molar refractivity (Wildman–Crippen MR) is 122 cm³/mol. The van der Waals surface area contributed by atoms with E-state index >= 15 is 0 Å². The van der Waals surface area contributed by atoms with Crippen molar-refractivity contribution in [3.8, 4) is 0 Å². The minimum atomic E-state index is -0.0773. The van der Waals surface area contributed by atoms with E-state index in [2.05, 4.69) is 41.0 Å². The van der Waals surface area contributed by atoms with Crippen molar-refractivity contribution in [2.45, 2.75) is 31.0 Å². The molecule has 0 saturated carbocycles. The standard InChI is InChI=1S/C24H24N2O3S/c30-24(25-19-12-6-10-17-9-4-5-11-18(17)19)26-20-14-28-23-21(15-29-22(20)23)27-13-16-7-2-1-3-8-16/h1-12,20-23H,13-15H2,(H2,25,26,30)/t20-,21-,22-,23+/m0/s1. The molecule has 5 rings (SSSR count). The van der Waals surface area contributed by atoms with Gasteiger partial charge >= 0.3 is 0 Å². The Morgan fingerprint density at radius 2 is 1.67 bits per heavy atom. The first-order valence-corrected chi connectivity index (χ1v) is 10.6. The first kappa shape index (κ1) is 19.5. The Morgan fingerprint density at radius 1 is 0.900 bits per heavy atom. The normalized spacial score (nSPS) is 25.2. The monoisotopic (exact) mass is 420 g/mol. The molecular weight excluding hydrogens is 396 g/mol. The molecule has 0 aromatic heterocycles. The highest BCUT2D eigenvalue weighted by Crippen LogP contribution is 2.30. The highest BCUT2D eigenvalue weighted by molar-refractivity contribution is 7.80. The number of rotatable bonds is 5. The highest BCUT2D eigenvalue weighted by Gasteiger charge is 2.48. The molecular formula is C24H24N2O3S. The summed E-state index contributed by atoms with van der Waals surface area (Å²) in [5, 5.41) is 9.58. The van der Waals surface area contributed by atoms with Gasteiger partial charge in [-0.3, -0.25) is 0 Å². The fourth-order valence-electron chi connectivity index (χ4n) is 4.17. The van der Waals surface area contributed by atoms with Crippen molar-refractivity contribution in [1.29, 1.82) is 0 Å². The molecule has 0 aliphatic carbocycles. The average molecular weight is 421 g/mol. The molecule has 2 aliphatic rings. The van der Waals surface area contributed by atoms with Gasteiger partial charge in [-0.1, -0.05) is 66.7 Å². The van der Waals surface area contributed by atoms with Crippen LogP contribution in [0.3, 0.4) is 0 Å². The minimum Gasteiger partial charge on any atom is -0.370 e. The van der Waals surface area contributed by atoms with E-state index < -0.39 is 0 Å². The van der Waals surface area contributed by atoms with Crippen LogP contribution >= 0.6 is 12.2 Å². The fraction of sp³-hybridized carbons (Fsp3) is 0.292. The fourth-order valence-corrected chi connectivity index (χ4v) is 4.43. The van der Waals surface area contributed by atoms with Gasteiger partial charge in [0, 0.05) is 11.1 Å². The molecule has 4 atom stereocenters. The van der Waals surface area contributed by atoms with E-state index in [4.69, 9.17) is 26.4 Å². The van der Waals surface area contributed by atoms with Crippen molar-refractivity contribution in [2.24, 2.45) is 0 Å². The Labute approximate surface area is 181 Å². The number of fused-ring (bicyclic) bond motifs is 2. The molecule has 30 heavy (non-hydrogen) atoms. The van der Waals surface area contributed by atoms with Crippen LogP contribution in [-0.4, -0.2) is 42.7 Å². The van der Waals surface area contributed by atoms with Crippen LogP contribution < -0.4 is 10.6 Å². The number of nitrogens with one attached hydrogen (secondary N) is 2. The lowest BCUT2D eigenvalue weighted by Crippen LogP contribution is -2.46. The van der Waals surface area contributed by atoms with E-state index in [0.29, 0.717) is 24.9 Å². The Kier molecular flexibility index (Phi) is 5.64. The molecule has 3 aromatic carbocycles. The molecule has 0 unspecified atom stereocenters. The quantitative estimate of drug-likeness (QED) is 0.611. The summed E-state index contributed by atoms with van der Waals surface area (Å²) in [6.45, 7) is 1.63. The van der Waals surface area contributed by atoms with Crippen molar-refractivity contribution < 1.29 is 14.2 Å². The van der Waals surface area contributed by atoms with Crippen LogP contribution in [0.2, 0.25) is 0 Å². The summed E-state index contributed by atoms with van der Waals surface area (Å²) in [5.74, 6) is 0. The molecule has 6 heteroatoms. The maximum atomic E-state index is 6.07. The van der Waals surface area contributed by atoms with Gasteiger partial charge in [-0.05, 0) is 29.2 Å². The third-order valence-corrected chi connectivity index (χ3v) is 5.89. The summed E-state index contributed by atoms with van der Waals surface area (Å²) in [5.41, 5.74) is 2.13. The lowest BCUT2D eigenvalue weighted by molar-refractivity contribution is -0.0391. The molecule has 2 heterocycles. The molecule has 3 aromatic rings. The summed E-state index contributed by atoms with van der Waals surface area (Å²) in [4.78, 5) is 0. The molecule has 0 bridgehead atoms. The second-order valence-corrected chi connectivity index (χ2v) is 8.07. The minimum absolute atomic E-state index is 0.00435. The summed E-state index contributed by atoms with van der Waals surface area (Å²) in [7, 11) is 0. The topological polar surface area (TPSA) is 51.8 Å². The lowest BCUT2D eigenvalue weighted by Gasteiger charge is -2.20. The zero-order valence-corrected chi connectivity index (χ0v) is 17.3. The van der Waals surface area contributed by atoms with Crippen LogP contribution in [0.4, 0.5) is 5.69 Å². The number of ether oxygens (including phenoxy) is 3. The van der Waals surface area contributed by atoms with Gasteiger partial charge in [-0.15, -0.1) is 0 Å². The van der Waals surface area contributed by atoms with Gasteiger partial charge in [0.1, 0.15) is 18.3 Å². The number of benzene rings is 3. The summed E-state index contributed by atoms with van der Waals surface area (Å²) in [6, 6.07) is 24.5. The second kappa shape index (κ2) is 8.70.